The van der Waals surface area contributed by atoms with Crippen molar-refractivity contribution in [3.63, 3.8) is 0 Å². The highest BCUT2D eigenvalue weighted by Crippen LogP contribution is 2.39. The number of hydrogen-bond acceptors (Lipinski definition) is 10. The van der Waals surface area contributed by atoms with Crippen LogP contribution in [-0.2, 0) is 19.1 Å². The number of thiophene rings is 1. The monoisotopic (exact) mass is 659 g/mol. The van der Waals surface area contributed by atoms with Crippen LogP contribution in [-0.4, -0.2) is 68.5 Å². The number of nitrogens with zero attached hydrogens (tertiary/aromatic N) is 4. The Morgan fingerprint density at radius 1 is 0.978 bits per heavy atom. The van der Waals surface area contributed by atoms with Gasteiger partial charge >= 0.3 is 24.1 Å². The van der Waals surface area contributed by atoms with Crippen LogP contribution in [0.1, 0.15) is 45.7 Å². The molecule has 0 fully saturated rings. The molecule has 3 N–H and O–H groups in total. The fraction of sp³-hybridized carbons (Fsp3) is 0.267. The van der Waals surface area contributed by atoms with Crippen molar-refractivity contribution >= 4 is 46.3 Å². The third kappa shape index (κ3) is 7.69. The molecule has 0 unspecified atom stereocenters. The van der Waals surface area contributed by atoms with Gasteiger partial charge in [-0.3, -0.25) is 14.4 Å². The van der Waals surface area contributed by atoms with Gasteiger partial charge in [-0.05, 0) is 62.7 Å². The molecule has 2 aromatic carbocycles. The number of benzene rings is 2. The summed E-state index contributed by atoms with van der Waals surface area (Å²) in [5.74, 6) is -2.32. The lowest BCUT2D eigenvalue weighted by atomic mass is 9.99. The number of rotatable bonds is 8. The molecule has 0 radical (unpaired) electrons. The molecule has 0 amide bonds. The molecule has 2 aromatic heterocycles. The molecule has 242 valence electrons. The molecule has 46 heavy (non-hydrogen) atoms. The van der Waals surface area contributed by atoms with E-state index in [9.17, 15) is 22.8 Å². The van der Waals surface area contributed by atoms with Gasteiger partial charge in [0.1, 0.15) is 22.6 Å². The predicted molar refractivity (Wildman–Crippen MR) is 161 cm³/mol. The summed E-state index contributed by atoms with van der Waals surface area (Å²) >= 11 is 1.66. The van der Waals surface area contributed by atoms with Crippen LogP contribution in [0.5, 0.6) is 5.75 Å². The molecule has 1 atom stereocenters. The Morgan fingerprint density at radius 2 is 1.57 bits per heavy atom. The first-order valence-corrected chi connectivity index (χ1v) is 14.3. The van der Waals surface area contributed by atoms with Gasteiger partial charge in [-0.15, -0.1) is 21.5 Å². The number of methoxy groups -OCH3 is 1. The zero-order chi connectivity index (χ0) is 33.8. The minimum atomic E-state index is -5.08. The van der Waals surface area contributed by atoms with Gasteiger partial charge in [0.25, 0.3) is 0 Å². The average molecular weight is 660 g/mol. The highest BCUT2D eigenvalue weighted by molar-refractivity contribution is 7.15. The Balaban J connectivity index is 0.000000617. The summed E-state index contributed by atoms with van der Waals surface area (Å²) in [6.07, 6.45) is -5.03. The Labute approximate surface area is 264 Å². The topological polar surface area (TPSA) is 165 Å². The number of alkyl halides is 3. The molecule has 5 rings (SSSR count). The lowest BCUT2D eigenvalue weighted by Gasteiger charge is -2.13. The molecular formula is C30H28F3N5O7S. The Bertz CT molecular complexity index is 1780. The normalized spacial score (nSPS) is 13.6. The number of carboxylic acid groups (broad SMARTS) is 2. The molecular weight excluding hydrogens is 631 g/mol. The number of carbonyl (C=O) groups is 3. The summed E-state index contributed by atoms with van der Waals surface area (Å²) in [5.41, 5.74) is 5.52. The van der Waals surface area contributed by atoms with Crippen molar-refractivity contribution in [1.82, 2.24) is 14.8 Å². The lowest BCUT2D eigenvalue weighted by molar-refractivity contribution is -0.192. The highest BCUT2D eigenvalue weighted by atomic mass is 32.1. The van der Waals surface area contributed by atoms with Crippen LogP contribution in [0, 0.1) is 20.8 Å². The first-order valence-electron chi connectivity index (χ1n) is 13.5. The van der Waals surface area contributed by atoms with Gasteiger partial charge in [0, 0.05) is 27.4 Å². The fourth-order valence-electron chi connectivity index (χ4n) is 4.42. The van der Waals surface area contributed by atoms with E-state index in [2.05, 4.69) is 29.4 Å². The fourth-order valence-corrected chi connectivity index (χ4v) is 5.64. The summed E-state index contributed by atoms with van der Waals surface area (Å²) in [6.45, 7) is 5.68. The van der Waals surface area contributed by atoms with Crippen LogP contribution >= 0.6 is 11.3 Å². The first-order chi connectivity index (χ1) is 21.7. The number of halogens is 3. The number of fused-ring (bicyclic) bond motifs is 3. The second-order valence-electron chi connectivity index (χ2n) is 9.89. The average Bonchev–Trinajstić information content (AvgIpc) is 3.48. The molecule has 0 saturated carbocycles. The largest absolute Gasteiger partial charge is 0.490 e. The standard InChI is InChI=1S/C28H27N5O5S.C2HF3O2/c1-15-16(2)39-28-25(15)26(30-22(13-24(36)37-4)27-32-31-17(3)33(27)28)18-5-7-19(8-6-18)29-20-9-11-21(12-10-20)38-14-23(34)35;3-2(4,5)1(6)7/h5-12,22,29H,13-14H2,1-4H3,(H,34,35);(H,6,7)/t22-;/m0./s1. The van der Waals surface area contributed by atoms with Gasteiger partial charge in [-0.25, -0.2) is 9.59 Å². The molecule has 1 aliphatic rings. The van der Waals surface area contributed by atoms with Gasteiger partial charge < -0.3 is 25.0 Å². The maximum Gasteiger partial charge on any atom is 0.490 e. The number of esters is 1. The maximum absolute atomic E-state index is 12.3. The van der Waals surface area contributed by atoms with Crippen molar-refractivity contribution in [3.05, 3.63) is 81.7 Å². The van der Waals surface area contributed by atoms with Crippen molar-refractivity contribution in [2.75, 3.05) is 19.0 Å². The van der Waals surface area contributed by atoms with E-state index in [-0.39, 0.29) is 19.0 Å². The highest BCUT2D eigenvalue weighted by Gasteiger charge is 2.38. The van der Waals surface area contributed by atoms with E-state index in [1.807, 2.05) is 47.9 Å². The molecule has 0 aliphatic carbocycles. The number of carbonyl (C=O) groups excluding carboxylic acids is 1. The predicted octanol–water partition coefficient (Wildman–Crippen LogP) is 5.55. The van der Waals surface area contributed by atoms with Crippen LogP contribution in [0.2, 0.25) is 0 Å². The van der Waals surface area contributed by atoms with E-state index in [4.69, 9.17) is 29.5 Å². The number of ether oxygens (including phenoxy) is 2. The smallest absolute Gasteiger partial charge is 0.482 e. The Morgan fingerprint density at radius 3 is 2.11 bits per heavy atom. The summed E-state index contributed by atoms with van der Waals surface area (Å²) < 4.78 is 43.9. The van der Waals surface area contributed by atoms with Crippen LogP contribution in [0.3, 0.4) is 0 Å². The minimum absolute atomic E-state index is 0.0525. The maximum atomic E-state index is 12.3. The number of nitrogens with one attached hydrogen (secondary N) is 1. The Hall–Kier alpha value is -5.25. The van der Waals surface area contributed by atoms with E-state index in [0.29, 0.717) is 11.6 Å². The number of aliphatic carboxylic acids is 2. The Kier molecular flexibility index (Phi) is 10.1. The summed E-state index contributed by atoms with van der Waals surface area (Å²) in [7, 11) is 1.37. The number of aromatic nitrogens is 3. The van der Waals surface area contributed by atoms with Gasteiger partial charge in [0.15, 0.2) is 12.4 Å². The van der Waals surface area contributed by atoms with Gasteiger partial charge in [0.05, 0.1) is 19.2 Å². The van der Waals surface area contributed by atoms with E-state index in [1.165, 1.54) is 12.0 Å². The lowest BCUT2D eigenvalue weighted by Crippen LogP contribution is -2.21. The van der Waals surface area contributed by atoms with E-state index in [1.54, 1.807) is 23.5 Å². The van der Waals surface area contributed by atoms with Crippen LogP contribution in [0.15, 0.2) is 53.5 Å². The van der Waals surface area contributed by atoms with Crippen LogP contribution < -0.4 is 10.1 Å². The quantitative estimate of drug-likeness (QED) is 0.204. The molecule has 12 nitrogen and oxygen atoms in total. The molecule has 1 aliphatic heterocycles. The number of hydrogen-bond donors (Lipinski definition) is 3. The van der Waals surface area contributed by atoms with Crippen molar-refractivity contribution in [3.8, 4) is 10.8 Å². The molecule has 3 heterocycles. The van der Waals surface area contributed by atoms with Crippen LogP contribution in [0.4, 0.5) is 24.5 Å². The van der Waals surface area contributed by atoms with E-state index < -0.39 is 24.2 Å². The molecule has 0 saturated heterocycles. The number of carboxylic acids is 2. The summed E-state index contributed by atoms with van der Waals surface area (Å²) in [4.78, 5) is 38.1. The van der Waals surface area contributed by atoms with Gasteiger partial charge in [-0.1, -0.05) is 12.1 Å². The third-order valence-corrected chi connectivity index (χ3v) is 7.93. The summed E-state index contributed by atoms with van der Waals surface area (Å²) in [5, 5.41) is 28.9. The SMILES string of the molecule is COC(=O)C[C@@H]1N=C(c2ccc(Nc3ccc(OCC(=O)O)cc3)cc2)c2c(sc(C)c2C)-n2c(C)nnc21.O=C(O)C(F)(F)F. The molecule has 16 heteroatoms. The zero-order valence-corrected chi connectivity index (χ0v) is 25.7. The van der Waals surface area contributed by atoms with Crippen molar-refractivity contribution < 1.29 is 47.2 Å². The van der Waals surface area contributed by atoms with Gasteiger partial charge in [0.2, 0.25) is 0 Å². The van der Waals surface area contributed by atoms with Crippen molar-refractivity contribution in [2.24, 2.45) is 4.99 Å². The van der Waals surface area contributed by atoms with E-state index >= 15 is 0 Å². The van der Waals surface area contributed by atoms with Gasteiger partial charge in [-0.2, -0.15) is 13.2 Å². The minimum Gasteiger partial charge on any atom is -0.482 e. The molecule has 0 spiro atoms. The second-order valence-corrected chi connectivity index (χ2v) is 11.1. The van der Waals surface area contributed by atoms with E-state index in [0.717, 1.165) is 44.6 Å². The first kappa shape index (κ1) is 33.6. The molecule has 4 aromatic rings. The number of aliphatic imine (C=N–C) groups is 1. The van der Waals surface area contributed by atoms with Crippen molar-refractivity contribution in [1.29, 1.82) is 0 Å². The zero-order valence-electron chi connectivity index (χ0n) is 24.9. The second kappa shape index (κ2) is 13.8. The van der Waals surface area contributed by atoms with Crippen LogP contribution in [0.25, 0.3) is 5.00 Å². The molecule has 0 bridgehead atoms. The number of aryl methyl sites for hydroxylation is 2. The third-order valence-electron chi connectivity index (χ3n) is 6.73. The summed E-state index contributed by atoms with van der Waals surface area (Å²) in [6, 6.07) is 14.4. The van der Waals surface area contributed by atoms with Crippen molar-refractivity contribution in [2.45, 2.75) is 39.4 Å². The number of anilines is 2.